The van der Waals surface area contributed by atoms with Gasteiger partial charge in [0.25, 0.3) is 0 Å². The summed E-state index contributed by atoms with van der Waals surface area (Å²) in [7, 11) is 0. The highest BCUT2D eigenvalue weighted by molar-refractivity contribution is 14.0. The Labute approximate surface area is 160 Å². The molecule has 1 amide bonds. The van der Waals surface area contributed by atoms with E-state index in [1.165, 1.54) is 6.26 Å². The molecular formula is C15H28IN5O3. The molecule has 0 bridgehead atoms. The number of aliphatic imine (C=N–C) groups is 1. The first-order chi connectivity index (χ1) is 10.9. The minimum absolute atomic E-state index is 0. The molecule has 0 spiro atoms. The molecule has 0 aromatic carbocycles. The van der Waals surface area contributed by atoms with Crippen molar-refractivity contribution in [2.24, 2.45) is 4.99 Å². The molecule has 24 heavy (non-hydrogen) atoms. The van der Waals surface area contributed by atoms with E-state index in [1.807, 2.05) is 27.7 Å². The van der Waals surface area contributed by atoms with Gasteiger partial charge in [-0.3, -0.25) is 0 Å². The van der Waals surface area contributed by atoms with E-state index < -0.39 is 11.7 Å². The summed E-state index contributed by atoms with van der Waals surface area (Å²) in [6.07, 6.45) is 1.88. The minimum Gasteiger partial charge on any atom is -0.444 e. The monoisotopic (exact) mass is 453 g/mol. The summed E-state index contributed by atoms with van der Waals surface area (Å²) in [6.45, 7) is 9.93. The maximum atomic E-state index is 11.5. The van der Waals surface area contributed by atoms with Crippen LogP contribution in [-0.2, 0) is 11.3 Å². The molecule has 0 aliphatic carbocycles. The number of alkyl carbamates (subject to hydrolysis) is 1. The highest BCUT2D eigenvalue weighted by Crippen LogP contribution is 2.06. The molecule has 0 atom stereocenters. The van der Waals surface area contributed by atoms with Crippen LogP contribution in [0.3, 0.4) is 0 Å². The van der Waals surface area contributed by atoms with Gasteiger partial charge < -0.3 is 25.2 Å². The van der Waals surface area contributed by atoms with E-state index in [0.717, 1.165) is 18.7 Å². The first kappa shape index (κ1) is 22.5. The Bertz CT molecular complexity index is 486. The molecule has 0 unspecified atom stereocenters. The normalized spacial score (nSPS) is 11.4. The molecule has 0 saturated heterocycles. The average Bonchev–Trinajstić information content (AvgIpc) is 2.95. The smallest absolute Gasteiger partial charge is 0.407 e. The zero-order valence-corrected chi connectivity index (χ0v) is 17.0. The summed E-state index contributed by atoms with van der Waals surface area (Å²) in [6, 6.07) is 1.78. The van der Waals surface area contributed by atoms with Gasteiger partial charge in [0, 0.05) is 25.7 Å². The van der Waals surface area contributed by atoms with Crippen molar-refractivity contribution in [1.82, 2.24) is 21.1 Å². The number of amides is 1. The quantitative estimate of drug-likeness (QED) is 0.254. The zero-order valence-electron chi connectivity index (χ0n) is 14.7. The number of hydrogen-bond donors (Lipinski definition) is 3. The van der Waals surface area contributed by atoms with Crippen molar-refractivity contribution in [2.75, 3.05) is 19.6 Å². The van der Waals surface area contributed by atoms with Crippen LogP contribution in [0.1, 0.15) is 39.8 Å². The highest BCUT2D eigenvalue weighted by Gasteiger charge is 2.15. The second-order valence-electron chi connectivity index (χ2n) is 5.89. The van der Waals surface area contributed by atoms with E-state index in [4.69, 9.17) is 9.26 Å². The van der Waals surface area contributed by atoms with Crippen LogP contribution in [-0.4, -0.2) is 42.4 Å². The fraction of sp³-hybridized carbons (Fsp3) is 0.667. The van der Waals surface area contributed by atoms with E-state index in [9.17, 15) is 4.79 Å². The van der Waals surface area contributed by atoms with E-state index >= 15 is 0 Å². The Kier molecular flexibility index (Phi) is 11.2. The molecule has 9 heteroatoms. The SMILES string of the molecule is CCNC(=NCc1ccon1)NCCCNC(=O)OC(C)(C)C.I. The number of aromatic nitrogens is 1. The number of rotatable bonds is 7. The van der Waals surface area contributed by atoms with Crippen LogP contribution in [0.2, 0.25) is 0 Å². The van der Waals surface area contributed by atoms with Crippen LogP contribution >= 0.6 is 24.0 Å². The molecule has 0 saturated carbocycles. The molecule has 0 radical (unpaired) electrons. The van der Waals surface area contributed by atoms with Gasteiger partial charge in [0.1, 0.15) is 17.6 Å². The third-order valence-corrected chi connectivity index (χ3v) is 2.55. The Hall–Kier alpha value is -1.52. The molecule has 3 N–H and O–H groups in total. The molecule has 0 aliphatic heterocycles. The van der Waals surface area contributed by atoms with Crippen molar-refractivity contribution in [3.8, 4) is 0 Å². The van der Waals surface area contributed by atoms with Gasteiger partial charge in [-0.05, 0) is 34.1 Å². The van der Waals surface area contributed by atoms with Crippen LogP contribution in [0.15, 0.2) is 21.8 Å². The fourth-order valence-electron chi connectivity index (χ4n) is 1.62. The van der Waals surface area contributed by atoms with Crippen molar-refractivity contribution >= 4 is 36.0 Å². The number of guanidine groups is 1. The Morgan fingerprint density at radius 2 is 2.00 bits per heavy atom. The average molecular weight is 453 g/mol. The van der Waals surface area contributed by atoms with Gasteiger partial charge in [0.05, 0.1) is 6.54 Å². The molecule has 0 aliphatic rings. The molecule has 8 nitrogen and oxygen atoms in total. The van der Waals surface area contributed by atoms with Crippen LogP contribution in [0.25, 0.3) is 0 Å². The standard InChI is InChI=1S/C15H27N5O3.HI/c1-5-16-13(19-11-12-7-10-22-20-12)17-8-6-9-18-14(21)23-15(2,3)4;/h7,10H,5-6,8-9,11H2,1-4H3,(H,18,21)(H2,16,17,19);1H. The van der Waals surface area contributed by atoms with Crippen molar-refractivity contribution in [1.29, 1.82) is 0 Å². The van der Waals surface area contributed by atoms with Crippen LogP contribution in [0, 0.1) is 0 Å². The second-order valence-corrected chi connectivity index (χ2v) is 5.89. The number of carbonyl (C=O) groups is 1. The predicted molar refractivity (Wildman–Crippen MR) is 104 cm³/mol. The second kappa shape index (κ2) is 11.9. The molecular weight excluding hydrogens is 425 g/mol. The van der Waals surface area contributed by atoms with E-state index in [2.05, 4.69) is 26.1 Å². The summed E-state index contributed by atoms with van der Waals surface area (Å²) in [5, 5.41) is 12.9. The number of hydrogen-bond acceptors (Lipinski definition) is 5. The van der Waals surface area contributed by atoms with Crippen LogP contribution in [0.5, 0.6) is 0 Å². The van der Waals surface area contributed by atoms with Gasteiger partial charge in [-0.15, -0.1) is 24.0 Å². The lowest BCUT2D eigenvalue weighted by molar-refractivity contribution is 0.0527. The molecule has 1 heterocycles. The predicted octanol–water partition coefficient (Wildman–Crippen LogP) is 2.26. The van der Waals surface area contributed by atoms with Crippen molar-refractivity contribution in [3.05, 3.63) is 18.0 Å². The first-order valence-corrected chi connectivity index (χ1v) is 7.79. The lowest BCUT2D eigenvalue weighted by Crippen LogP contribution is -2.39. The molecule has 0 fully saturated rings. The maximum Gasteiger partial charge on any atom is 0.407 e. The van der Waals surface area contributed by atoms with Gasteiger partial charge in [0.2, 0.25) is 0 Å². The van der Waals surface area contributed by atoms with Crippen molar-refractivity contribution in [3.63, 3.8) is 0 Å². The van der Waals surface area contributed by atoms with Gasteiger partial charge in [-0.2, -0.15) is 0 Å². The van der Waals surface area contributed by atoms with Crippen molar-refractivity contribution in [2.45, 2.75) is 46.3 Å². The van der Waals surface area contributed by atoms with E-state index in [-0.39, 0.29) is 24.0 Å². The summed E-state index contributed by atoms with van der Waals surface area (Å²) >= 11 is 0. The zero-order chi connectivity index (χ0) is 17.1. The van der Waals surface area contributed by atoms with Gasteiger partial charge in [-0.1, -0.05) is 5.16 Å². The first-order valence-electron chi connectivity index (χ1n) is 7.79. The molecule has 1 rings (SSSR count). The van der Waals surface area contributed by atoms with Gasteiger partial charge in [-0.25, -0.2) is 9.79 Å². The third kappa shape index (κ3) is 11.1. The third-order valence-electron chi connectivity index (χ3n) is 2.55. The minimum atomic E-state index is -0.478. The summed E-state index contributed by atoms with van der Waals surface area (Å²) in [5.41, 5.74) is 0.294. The number of nitrogens with zero attached hydrogens (tertiary/aromatic N) is 2. The Balaban J connectivity index is 0.00000529. The molecule has 138 valence electrons. The van der Waals surface area contributed by atoms with Crippen LogP contribution in [0.4, 0.5) is 4.79 Å². The van der Waals surface area contributed by atoms with Crippen LogP contribution < -0.4 is 16.0 Å². The molecule has 1 aromatic rings. The maximum absolute atomic E-state index is 11.5. The van der Waals surface area contributed by atoms with Crippen molar-refractivity contribution < 1.29 is 14.1 Å². The Morgan fingerprint density at radius 3 is 2.58 bits per heavy atom. The van der Waals surface area contributed by atoms with Gasteiger partial charge in [0.15, 0.2) is 5.96 Å². The fourth-order valence-corrected chi connectivity index (χ4v) is 1.62. The summed E-state index contributed by atoms with van der Waals surface area (Å²) < 4.78 is 9.93. The van der Waals surface area contributed by atoms with E-state index in [1.54, 1.807) is 6.07 Å². The topological polar surface area (TPSA) is 101 Å². The lowest BCUT2D eigenvalue weighted by atomic mass is 10.2. The number of carbonyl (C=O) groups excluding carboxylic acids is 1. The Morgan fingerprint density at radius 1 is 1.29 bits per heavy atom. The highest BCUT2D eigenvalue weighted by atomic mass is 127. The number of ether oxygens (including phenoxy) is 1. The number of nitrogens with one attached hydrogen (secondary N) is 3. The lowest BCUT2D eigenvalue weighted by Gasteiger charge is -2.19. The van der Waals surface area contributed by atoms with E-state index in [0.29, 0.717) is 25.6 Å². The molecule has 1 aromatic heterocycles. The van der Waals surface area contributed by atoms with Gasteiger partial charge >= 0.3 is 6.09 Å². The largest absolute Gasteiger partial charge is 0.444 e. The number of halogens is 1. The summed E-state index contributed by atoms with van der Waals surface area (Å²) in [4.78, 5) is 15.9. The summed E-state index contributed by atoms with van der Waals surface area (Å²) in [5.74, 6) is 0.702.